The maximum Gasteiger partial charge on any atom is 0.0640 e. The Morgan fingerprint density at radius 3 is 1.69 bits per heavy atom. The van der Waals surface area contributed by atoms with Crippen LogP contribution in [0.15, 0.2) is 231 Å². The number of anilines is 3. The van der Waals surface area contributed by atoms with Crippen molar-refractivity contribution in [1.82, 2.24) is 4.57 Å². The number of para-hydroxylation sites is 2. The standard InChI is InChI=1S/C60H38N2S2/c1-5-17-39(18-6-1)42-31-33-50-56(37-42)63-60-46(41-21-9-3-10-22-41)34-36-54(57(50)60)62(44-32-35-53-51(38-44)47-25-13-14-29-52(47)61(53)43-23-11-4-12-24-43)55-30-16-28-49-48-27-15-26-45(58(48)64-59(49)55)40-19-7-2-8-20-40/h1-38H. The number of rotatable bonds is 7. The molecule has 2 nitrogen and oxygen atoms in total. The Balaban J connectivity index is 1.13. The zero-order chi connectivity index (χ0) is 42.1. The molecule has 0 aliphatic carbocycles. The molecule has 0 unspecified atom stereocenters. The van der Waals surface area contributed by atoms with Gasteiger partial charge in [-0.05, 0) is 88.0 Å². The summed E-state index contributed by atoms with van der Waals surface area (Å²) in [6, 6.07) is 84.6. The van der Waals surface area contributed by atoms with E-state index >= 15 is 0 Å². The average Bonchev–Trinajstić information content (AvgIpc) is 4.05. The van der Waals surface area contributed by atoms with Crippen LogP contribution in [-0.4, -0.2) is 4.57 Å². The van der Waals surface area contributed by atoms with Gasteiger partial charge in [0.2, 0.25) is 0 Å². The summed E-state index contributed by atoms with van der Waals surface area (Å²) in [5.41, 5.74) is 14.4. The monoisotopic (exact) mass is 850 g/mol. The van der Waals surface area contributed by atoms with Gasteiger partial charge >= 0.3 is 0 Å². The van der Waals surface area contributed by atoms with Crippen molar-refractivity contribution >= 4 is 102 Å². The van der Waals surface area contributed by atoms with E-state index in [9.17, 15) is 0 Å². The molecule has 0 saturated heterocycles. The molecule has 3 aromatic heterocycles. The molecule has 64 heavy (non-hydrogen) atoms. The predicted molar refractivity (Wildman–Crippen MR) is 278 cm³/mol. The van der Waals surface area contributed by atoms with E-state index in [1.165, 1.54) is 95.5 Å². The lowest BCUT2D eigenvalue weighted by molar-refractivity contribution is 1.18. The summed E-state index contributed by atoms with van der Waals surface area (Å²) in [5.74, 6) is 0. The lowest BCUT2D eigenvalue weighted by Gasteiger charge is -2.28. The van der Waals surface area contributed by atoms with Crippen molar-refractivity contribution in [3.05, 3.63) is 231 Å². The molecular weight excluding hydrogens is 813 g/mol. The number of fused-ring (bicyclic) bond motifs is 9. The molecule has 0 saturated carbocycles. The lowest BCUT2D eigenvalue weighted by atomic mass is 9.98. The highest BCUT2D eigenvalue weighted by Crippen LogP contribution is 2.52. The van der Waals surface area contributed by atoms with Gasteiger partial charge in [-0.25, -0.2) is 0 Å². The molecule has 0 aliphatic heterocycles. The van der Waals surface area contributed by atoms with Crippen molar-refractivity contribution < 1.29 is 0 Å². The highest BCUT2D eigenvalue weighted by molar-refractivity contribution is 7.27. The van der Waals surface area contributed by atoms with Crippen LogP contribution < -0.4 is 4.90 Å². The van der Waals surface area contributed by atoms with Crippen LogP contribution >= 0.6 is 22.7 Å². The van der Waals surface area contributed by atoms with Crippen LogP contribution in [0.4, 0.5) is 17.1 Å². The molecule has 0 bridgehead atoms. The summed E-state index contributed by atoms with van der Waals surface area (Å²) in [4.78, 5) is 2.56. The first-order valence-electron chi connectivity index (χ1n) is 21.8. The van der Waals surface area contributed by atoms with E-state index in [2.05, 4.69) is 240 Å². The van der Waals surface area contributed by atoms with E-state index < -0.39 is 0 Å². The van der Waals surface area contributed by atoms with Gasteiger partial charge in [0.05, 0.1) is 27.1 Å². The normalized spacial score (nSPS) is 11.8. The first-order valence-corrected chi connectivity index (χ1v) is 23.4. The minimum atomic E-state index is 1.12. The molecular formula is C60H38N2S2. The molecule has 0 spiro atoms. The van der Waals surface area contributed by atoms with Gasteiger partial charge in [-0.15, -0.1) is 22.7 Å². The van der Waals surface area contributed by atoms with Crippen LogP contribution in [0.2, 0.25) is 0 Å². The minimum absolute atomic E-state index is 1.12. The van der Waals surface area contributed by atoms with Gasteiger partial charge < -0.3 is 9.47 Å². The van der Waals surface area contributed by atoms with Crippen LogP contribution in [0, 0.1) is 0 Å². The molecule has 10 aromatic carbocycles. The van der Waals surface area contributed by atoms with Crippen molar-refractivity contribution in [3.63, 3.8) is 0 Å². The van der Waals surface area contributed by atoms with Crippen LogP contribution in [0.5, 0.6) is 0 Å². The van der Waals surface area contributed by atoms with Crippen molar-refractivity contribution in [2.24, 2.45) is 0 Å². The molecule has 0 N–H and O–H groups in total. The maximum atomic E-state index is 2.56. The number of thiophene rings is 2. The number of benzene rings is 10. The van der Waals surface area contributed by atoms with E-state index in [-0.39, 0.29) is 0 Å². The van der Waals surface area contributed by atoms with E-state index in [0.29, 0.717) is 0 Å². The molecule has 0 amide bonds. The van der Waals surface area contributed by atoms with Crippen molar-refractivity contribution in [2.45, 2.75) is 0 Å². The molecule has 0 fully saturated rings. The van der Waals surface area contributed by atoms with Gasteiger partial charge in [0.25, 0.3) is 0 Å². The Labute approximate surface area is 378 Å². The molecule has 13 rings (SSSR count). The van der Waals surface area contributed by atoms with Gasteiger partial charge in [-0.1, -0.05) is 176 Å². The molecule has 13 aromatic rings. The summed E-state index contributed by atoms with van der Waals surface area (Å²) in [5, 5.41) is 7.52. The van der Waals surface area contributed by atoms with Gasteiger partial charge in [0.1, 0.15) is 0 Å². The van der Waals surface area contributed by atoms with E-state index in [0.717, 1.165) is 22.7 Å². The zero-order valence-electron chi connectivity index (χ0n) is 34.7. The Morgan fingerprint density at radius 2 is 0.938 bits per heavy atom. The smallest absolute Gasteiger partial charge is 0.0640 e. The zero-order valence-corrected chi connectivity index (χ0v) is 36.3. The summed E-state index contributed by atoms with van der Waals surface area (Å²) in [6.45, 7) is 0. The summed E-state index contributed by atoms with van der Waals surface area (Å²) in [6.07, 6.45) is 0. The molecule has 4 heteroatoms. The van der Waals surface area contributed by atoms with Crippen molar-refractivity contribution in [3.8, 4) is 39.1 Å². The molecule has 0 aliphatic rings. The van der Waals surface area contributed by atoms with E-state index in [1.54, 1.807) is 0 Å². The topological polar surface area (TPSA) is 8.17 Å². The Morgan fingerprint density at radius 1 is 0.328 bits per heavy atom. The quantitative estimate of drug-likeness (QED) is 0.155. The molecule has 0 atom stereocenters. The van der Waals surface area contributed by atoms with E-state index in [1.807, 2.05) is 22.7 Å². The first kappa shape index (κ1) is 36.9. The molecule has 3 heterocycles. The highest BCUT2D eigenvalue weighted by atomic mass is 32.1. The lowest BCUT2D eigenvalue weighted by Crippen LogP contribution is -2.10. The number of hydrogen-bond acceptors (Lipinski definition) is 3. The van der Waals surface area contributed by atoms with Crippen LogP contribution in [-0.2, 0) is 0 Å². The van der Waals surface area contributed by atoms with Gasteiger partial charge in [-0.3, -0.25) is 0 Å². The number of hydrogen-bond donors (Lipinski definition) is 0. The largest absolute Gasteiger partial charge is 0.309 e. The molecule has 0 radical (unpaired) electrons. The fourth-order valence-electron chi connectivity index (χ4n) is 9.89. The third kappa shape index (κ3) is 5.84. The van der Waals surface area contributed by atoms with E-state index in [4.69, 9.17) is 0 Å². The second-order valence-electron chi connectivity index (χ2n) is 16.4. The number of aromatic nitrogens is 1. The summed E-state index contributed by atoms with van der Waals surface area (Å²) in [7, 11) is 0. The second kappa shape index (κ2) is 15.0. The third-order valence-corrected chi connectivity index (χ3v) is 15.3. The Bertz CT molecular complexity index is 3880. The first-order chi connectivity index (χ1) is 31.8. The molecule has 300 valence electrons. The second-order valence-corrected chi connectivity index (χ2v) is 18.5. The van der Waals surface area contributed by atoms with Crippen LogP contribution in [0.1, 0.15) is 0 Å². The van der Waals surface area contributed by atoms with Gasteiger partial charge in [0, 0.05) is 57.8 Å². The minimum Gasteiger partial charge on any atom is -0.309 e. The average molecular weight is 851 g/mol. The fraction of sp³-hybridized carbons (Fsp3) is 0. The summed E-state index contributed by atoms with van der Waals surface area (Å²) < 4.78 is 7.52. The SMILES string of the molecule is c1ccc(-c2ccc3c(c2)sc2c(-c4ccccc4)ccc(N(c4ccc5c(c4)c4ccccc4n5-c4ccccc4)c4cccc5c4sc4c(-c6ccccc6)cccc45)c23)cc1. The third-order valence-electron chi connectivity index (χ3n) is 12.8. The Kier molecular flexibility index (Phi) is 8.61. The fourth-order valence-corrected chi connectivity index (χ4v) is 12.5. The summed E-state index contributed by atoms with van der Waals surface area (Å²) >= 11 is 3.80. The van der Waals surface area contributed by atoms with Crippen molar-refractivity contribution in [1.29, 1.82) is 0 Å². The van der Waals surface area contributed by atoms with Gasteiger partial charge in [-0.2, -0.15) is 0 Å². The van der Waals surface area contributed by atoms with Crippen LogP contribution in [0.25, 0.3) is 101 Å². The van der Waals surface area contributed by atoms with Gasteiger partial charge in [0.15, 0.2) is 0 Å². The Hall–Kier alpha value is -7.76. The van der Waals surface area contributed by atoms with Crippen molar-refractivity contribution in [2.75, 3.05) is 4.90 Å². The van der Waals surface area contributed by atoms with Crippen LogP contribution in [0.3, 0.4) is 0 Å². The maximum absolute atomic E-state index is 2.56. The highest BCUT2D eigenvalue weighted by Gasteiger charge is 2.25. The predicted octanol–water partition coefficient (Wildman–Crippen LogP) is 18.0. The number of nitrogens with zero attached hydrogens (tertiary/aromatic N) is 2.